The van der Waals surface area contributed by atoms with Gasteiger partial charge in [-0.1, -0.05) is 72.9 Å². The van der Waals surface area contributed by atoms with Crippen LogP contribution >= 0.6 is 46.6 Å². The van der Waals surface area contributed by atoms with Crippen LogP contribution in [0.4, 0.5) is 0 Å². The molecule has 0 aliphatic rings. The smallest absolute Gasteiger partial charge is 0.243 e. The minimum Gasteiger partial charge on any atom is -0.352 e. The molecule has 2 amide bonds. The van der Waals surface area contributed by atoms with E-state index >= 15 is 0 Å². The predicted molar refractivity (Wildman–Crippen MR) is 137 cm³/mol. The largest absolute Gasteiger partial charge is 0.352 e. The Balaban J connectivity index is 2.20. The zero-order valence-electron chi connectivity index (χ0n) is 18.5. The van der Waals surface area contributed by atoms with E-state index in [1.54, 1.807) is 23.1 Å². The van der Waals surface area contributed by atoms with Gasteiger partial charge in [-0.2, -0.15) is 0 Å². The fraction of sp³-hybridized carbons (Fsp3) is 0.417. The summed E-state index contributed by atoms with van der Waals surface area (Å²) in [6, 6.07) is 12.2. The molecule has 0 aliphatic carbocycles. The molecule has 0 unspecified atom stereocenters. The molecule has 0 fully saturated rings. The molecule has 2 atom stereocenters. The van der Waals surface area contributed by atoms with E-state index in [-0.39, 0.29) is 30.2 Å². The Morgan fingerprint density at radius 3 is 2.34 bits per heavy atom. The molecular weight excluding hydrogens is 487 g/mol. The van der Waals surface area contributed by atoms with Crippen molar-refractivity contribution in [2.45, 2.75) is 58.0 Å². The van der Waals surface area contributed by atoms with Crippen molar-refractivity contribution in [3.63, 3.8) is 0 Å². The molecule has 0 radical (unpaired) electrons. The topological polar surface area (TPSA) is 49.4 Å². The third-order valence-electron chi connectivity index (χ3n) is 5.18. The number of rotatable bonds is 11. The van der Waals surface area contributed by atoms with E-state index < -0.39 is 6.04 Å². The number of benzene rings is 2. The lowest BCUT2D eigenvalue weighted by Crippen LogP contribution is -2.51. The Kier molecular flexibility index (Phi) is 11.2. The van der Waals surface area contributed by atoms with Crippen LogP contribution in [-0.4, -0.2) is 34.6 Å². The average molecular weight is 516 g/mol. The normalized spacial score (nSPS) is 12.8. The van der Waals surface area contributed by atoms with Crippen LogP contribution in [0.1, 0.15) is 44.7 Å². The number of nitrogens with one attached hydrogen (secondary N) is 1. The van der Waals surface area contributed by atoms with Crippen LogP contribution in [0.3, 0.4) is 0 Å². The van der Waals surface area contributed by atoms with Crippen molar-refractivity contribution in [3.8, 4) is 0 Å². The summed E-state index contributed by atoms with van der Waals surface area (Å²) >= 11 is 20.1. The fourth-order valence-electron chi connectivity index (χ4n) is 3.14. The van der Waals surface area contributed by atoms with Crippen LogP contribution in [0.25, 0.3) is 0 Å². The van der Waals surface area contributed by atoms with Crippen molar-refractivity contribution in [1.29, 1.82) is 0 Å². The third-order valence-corrected chi connectivity index (χ3v) is 7.11. The van der Waals surface area contributed by atoms with Crippen LogP contribution in [0, 0.1) is 0 Å². The van der Waals surface area contributed by atoms with E-state index in [9.17, 15) is 9.59 Å². The minimum atomic E-state index is -0.593. The molecule has 0 saturated carbocycles. The highest BCUT2D eigenvalue weighted by Gasteiger charge is 2.29. The molecule has 4 nitrogen and oxygen atoms in total. The Bertz CT molecular complexity index is 926. The Morgan fingerprint density at radius 1 is 1.00 bits per heavy atom. The Hall–Kier alpha value is -1.40. The second kappa shape index (κ2) is 13.3. The number of nitrogens with zero attached hydrogens (tertiary/aromatic N) is 1. The monoisotopic (exact) mass is 514 g/mol. The van der Waals surface area contributed by atoms with E-state index in [2.05, 4.69) is 5.32 Å². The van der Waals surface area contributed by atoms with Crippen molar-refractivity contribution in [1.82, 2.24) is 10.2 Å². The molecule has 1 N–H and O–H groups in total. The second-order valence-electron chi connectivity index (χ2n) is 7.58. The summed E-state index contributed by atoms with van der Waals surface area (Å²) in [5, 5.41) is 4.67. The lowest BCUT2D eigenvalue weighted by Gasteiger charge is -2.31. The van der Waals surface area contributed by atoms with E-state index in [0.717, 1.165) is 17.5 Å². The first kappa shape index (κ1) is 26.8. The molecule has 8 heteroatoms. The molecule has 2 aromatic rings. The van der Waals surface area contributed by atoms with Crippen LogP contribution < -0.4 is 5.32 Å². The van der Waals surface area contributed by atoms with Gasteiger partial charge in [-0.05, 0) is 49.1 Å². The Morgan fingerprint density at radius 2 is 1.72 bits per heavy atom. The second-order valence-corrected chi connectivity index (χ2v) is 9.82. The van der Waals surface area contributed by atoms with Gasteiger partial charge in [0.05, 0.1) is 5.75 Å². The molecule has 0 saturated heterocycles. The van der Waals surface area contributed by atoms with Gasteiger partial charge in [0.15, 0.2) is 0 Å². The predicted octanol–water partition coefficient (Wildman–Crippen LogP) is 6.60. The highest BCUT2D eigenvalue weighted by molar-refractivity contribution is 7.99. The maximum absolute atomic E-state index is 13.3. The summed E-state index contributed by atoms with van der Waals surface area (Å²) in [4.78, 5) is 27.9. The Labute approximate surface area is 210 Å². The summed E-state index contributed by atoms with van der Waals surface area (Å²) < 4.78 is 0. The molecule has 0 aliphatic heterocycles. The van der Waals surface area contributed by atoms with Gasteiger partial charge >= 0.3 is 0 Å². The van der Waals surface area contributed by atoms with Crippen LogP contribution in [0.15, 0.2) is 42.5 Å². The molecule has 32 heavy (non-hydrogen) atoms. The third kappa shape index (κ3) is 7.87. The first-order valence-corrected chi connectivity index (χ1v) is 12.9. The zero-order chi connectivity index (χ0) is 23.7. The SMILES string of the molecule is CC[C@@H](C)NC(=O)[C@@H](CC)N(Cc1ccc(Cl)cc1Cl)C(=O)CSCc1ccccc1Cl. The van der Waals surface area contributed by atoms with Gasteiger partial charge in [-0.15, -0.1) is 11.8 Å². The maximum Gasteiger partial charge on any atom is 0.243 e. The van der Waals surface area contributed by atoms with E-state index in [1.165, 1.54) is 11.8 Å². The van der Waals surface area contributed by atoms with Gasteiger partial charge in [0.2, 0.25) is 11.8 Å². The van der Waals surface area contributed by atoms with Gasteiger partial charge < -0.3 is 10.2 Å². The summed E-state index contributed by atoms with van der Waals surface area (Å²) in [6.45, 7) is 6.09. The van der Waals surface area contributed by atoms with Crippen LogP contribution in [-0.2, 0) is 21.9 Å². The molecule has 174 valence electrons. The summed E-state index contributed by atoms with van der Waals surface area (Å²) in [7, 11) is 0. The van der Waals surface area contributed by atoms with Gasteiger partial charge in [0.1, 0.15) is 6.04 Å². The van der Waals surface area contributed by atoms with E-state index in [0.29, 0.717) is 27.2 Å². The van der Waals surface area contributed by atoms with Gasteiger partial charge in [-0.25, -0.2) is 0 Å². The molecule has 0 heterocycles. The highest BCUT2D eigenvalue weighted by atomic mass is 35.5. The minimum absolute atomic E-state index is 0.0298. The molecule has 2 aromatic carbocycles. The van der Waals surface area contributed by atoms with Crippen molar-refractivity contribution < 1.29 is 9.59 Å². The van der Waals surface area contributed by atoms with Crippen LogP contribution in [0.5, 0.6) is 0 Å². The lowest BCUT2D eigenvalue weighted by molar-refractivity contribution is -0.139. The van der Waals surface area contributed by atoms with Crippen LogP contribution in [0.2, 0.25) is 15.1 Å². The number of hydrogen-bond donors (Lipinski definition) is 1. The summed E-state index contributed by atoms with van der Waals surface area (Å²) in [6.07, 6.45) is 1.31. The van der Waals surface area contributed by atoms with Crippen molar-refractivity contribution >= 4 is 58.4 Å². The van der Waals surface area contributed by atoms with Crippen molar-refractivity contribution in [2.75, 3.05) is 5.75 Å². The highest BCUT2D eigenvalue weighted by Crippen LogP contribution is 2.25. The standard InChI is InChI=1S/C24H29Cl3N2O2S/c1-4-16(3)28-24(31)22(5-2)29(13-17-10-11-19(25)12-21(17)27)23(30)15-32-14-18-8-6-7-9-20(18)26/h6-12,16,22H,4-5,13-15H2,1-3H3,(H,28,31)/t16-,22-/m1/s1. The van der Waals surface area contributed by atoms with Gasteiger partial charge in [-0.3, -0.25) is 9.59 Å². The van der Waals surface area contributed by atoms with E-state index in [1.807, 2.05) is 45.0 Å². The molecular formula is C24H29Cl3N2O2S. The number of carbonyl (C=O) groups excluding carboxylic acids is 2. The van der Waals surface area contributed by atoms with Crippen molar-refractivity contribution in [3.05, 3.63) is 68.7 Å². The average Bonchev–Trinajstić information content (AvgIpc) is 2.76. The van der Waals surface area contributed by atoms with Gasteiger partial charge in [0, 0.05) is 33.4 Å². The molecule has 0 aromatic heterocycles. The number of halogens is 3. The number of carbonyl (C=O) groups is 2. The quantitative estimate of drug-likeness (QED) is 0.367. The summed E-state index contributed by atoms with van der Waals surface area (Å²) in [5.41, 5.74) is 1.72. The van der Waals surface area contributed by atoms with E-state index in [4.69, 9.17) is 34.8 Å². The summed E-state index contributed by atoms with van der Waals surface area (Å²) in [5.74, 6) is 0.552. The van der Waals surface area contributed by atoms with Gasteiger partial charge in [0.25, 0.3) is 0 Å². The number of thioether (sulfide) groups is 1. The van der Waals surface area contributed by atoms with Crippen molar-refractivity contribution in [2.24, 2.45) is 0 Å². The molecule has 0 bridgehead atoms. The first-order chi connectivity index (χ1) is 15.3. The maximum atomic E-state index is 13.3. The number of amides is 2. The number of hydrogen-bond acceptors (Lipinski definition) is 3. The zero-order valence-corrected chi connectivity index (χ0v) is 21.6. The fourth-order valence-corrected chi connectivity index (χ4v) is 4.80. The lowest BCUT2D eigenvalue weighted by atomic mass is 10.1. The first-order valence-electron chi connectivity index (χ1n) is 10.6. The molecule has 2 rings (SSSR count). The molecule has 0 spiro atoms.